The fraction of sp³-hybridized carbons (Fsp3) is 0.667. The first-order chi connectivity index (χ1) is 8.72. The van der Waals surface area contributed by atoms with Gasteiger partial charge >= 0.3 is 12.1 Å². The zero-order chi connectivity index (χ0) is 14.1. The monoisotopic (exact) mass is 291 g/mol. The van der Waals surface area contributed by atoms with Crippen LogP contribution in [0, 0.1) is 12.3 Å². The molecule has 0 amide bonds. The first-order valence-electron chi connectivity index (χ1n) is 5.86. The SMILES string of the molecule is COC(=O)C12CC(c3nc(C(F)(F)F)c(C)s3)(C1)C2. The largest absolute Gasteiger partial charge is 0.469 e. The van der Waals surface area contributed by atoms with E-state index in [1.165, 1.54) is 14.0 Å². The van der Waals surface area contributed by atoms with Crippen LogP contribution in [0.2, 0.25) is 0 Å². The van der Waals surface area contributed by atoms with Crippen LogP contribution in [-0.4, -0.2) is 18.1 Å². The second-order valence-corrected chi connectivity index (χ2v) is 6.71. The van der Waals surface area contributed by atoms with Crippen LogP contribution in [0.25, 0.3) is 0 Å². The molecule has 1 heterocycles. The summed E-state index contributed by atoms with van der Waals surface area (Å²) in [5.41, 5.74) is -1.55. The summed E-state index contributed by atoms with van der Waals surface area (Å²) in [6.45, 7) is 1.44. The summed E-state index contributed by atoms with van der Waals surface area (Å²) in [5.74, 6) is -0.251. The van der Waals surface area contributed by atoms with Gasteiger partial charge in [-0.3, -0.25) is 4.79 Å². The van der Waals surface area contributed by atoms with Crippen LogP contribution < -0.4 is 0 Å². The predicted octanol–water partition coefficient (Wildman–Crippen LogP) is 3.07. The Morgan fingerprint density at radius 3 is 2.37 bits per heavy atom. The maximum atomic E-state index is 12.7. The quantitative estimate of drug-likeness (QED) is 0.786. The number of alkyl halides is 3. The van der Waals surface area contributed by atoms with Crippen molar-refractivity contribution in [1.29, 1.82) is 0 Å². The van der Waals surface area contributed by atoms with Gasteiger partial charge in [0, 0.05) is 10.3 Å². The summed E-state index contributed by atoms with van der Waals surface area (Å²) in [4.78, 5) is 15.5. The molecule has 0 unspecified atom stereocenters. The first kappa shape index (κ1) is 12.9. The van der Waals surface area contributed by atoms with E-state index in [2.05, 4.69) is 4.98 Å². The van der Waals surface area contributed by atoms with Gasteiger partial charge in [-0.2, -0.15) is 13.2 Å². The molecular weight excluding hydrogens is 279 g/mol. The van der Waals surface area contributed by atoms with Gasteiger partial charge in [0.25, 0.3) is 0 Å². The Morgan fingerprint density at radius 2 is 1.95 bits per heavy atom. The van der Waals surface area contributed by atoms with Crippen LogP contribution in [0.1, 0.15) is 34.8 Å². The molecule has 3 aliphatic carbocycles. The molecule has 3 fully saturated rings. The van der Waals surface area contributed by atoms with Gasteiger partial charge < -0.3 is 4.74 Å². The fourth-order valence-corrected chi connectivity index (χ4v) is 4.45. The zero-order valence-electron chi connectivity index (χ0n) is 10.4. The van der Waals surface area contributed by atoms with E-state index in [9.17, 15) is 18.0 Å². The Labute approximate surface area is 111 Å². The smallest absolute Gasteiger partial charge is 0.434 e. The molecule has 0 radical (unpaired) electrons. The van der Waals surface area contributed by atoms with Crippen molar-refractivity contribution < 1.29 is 22.7 Å². The van der Waals surface area contributed by atoms with E-state index in [0.717, 1.165) is 11.3 Å². The van der Waals surface area contributed by atoms with Gasteiger partial charge in [0.15, 0.2) is 5.69 Å². The summed E-state index contributed by atoms with van der Waals surface area (Å²) in [6, 6.07) is 0. The standard InChI is InChI=1S/C12H12F3NO2S/c1-6-7(12(13,14)15)16-8(19-6)10-3-11(4-10,5-10)9(17)18-2/h3-5H2,1-2H3. The van der Waals surface area contributed by atoms with Gasteiger partial charge in [0.1, 0.15) is 0 Å². The first-order valence-corrected chi connectivity index (χ1v) is 6.68. The van der Waals surface area contributed by atoms with Crippen molar-refractivity contribution in [2.45, 2.75) is 37.8 Å². The molecule has 3 saturated carbocycles. The Kier molecular flexibility index (Phi) is 2.38. The minimum Gasteiger partial charge on any atom is -0.469 e. The molecule has 7 heteroatoms. The van der Waals surface area contributed by atoms with Crippen molar-refractivity contribution in [3.05, 3.63) is 15.6 Å². The summed E-state index contributed by atoms with van der Waals surface area (Å²) in [5, 5.41) is 0.517. The summed E-state index contributed by atoms with van der Waals surface area (Å²) in [7, 11) is 1.34. The van der Waals surface area contributed by atoms with E-state index in [1.54, 1.807) is 0 Å². The number of carbonyl (C=O) groups is 1. The molecule has 2 bridgehead atoms. The van der Waals surface area contributed by atoms with E-state index in [4.69, 9.17) is 4.74 Å². The number of ether oxygens (including phenoxy) is 1. The maximum Gasteiger partial charge on any atom is 0.434 e. The Bertz CT molecular complexity index is 544. The highest BCUT2D eigenvalue weighted by molar-refractivity contribution is 7.11. The summed E-state index contributed by atoms with van der Waals surface area (Å²) < 4.78 is 42.9. The molecule has 3 nitrogen and oxygen atoms in total. The second-order valence-electron chi connectivity index (χ2n) is 5.50. The van der Waals surface area contributed by atoms with Crippen molar-refractivity contribution in [1.82, 2.24) is 4.98 Å². The third kappa shape index (κ3) is 1.57. The number of hydrogen-bond donors (Lipinski definition) is 0. The van der Waals surface area contributed by atoms with Crippen molar-refractivity contribution in [3.63, 3.8) is 0 Å². The molecule has 1 aromatic rings. The molecular formula is C12H12F3NO2S. The maximum absolute atomic E-state index is 12.7. The van der Waals surface area contributed by atoms with Crippen molar-refractivity contribution >= 4 is 17.3 Å². The number of methoxy groups -OCH3 is 1. The van der Waals surface area contributed by atoms with Gasteiger partial charge in [-0.15, -0.1) is 11.3 Å². The highest BCUT2D eigenvalue weighted by Crippen LogP contribution is 2.74. The van der Waals surface area contributed by atoms with E-state index < -0.39 is 17.3 Å². The molecule has 0 spiro atoms. The molecule has 3 aliphatic rings. The van der Waals surface area contributed by atoms with E-state index in [0.29, 0.717) is 24.3 Å². The van der Waals surface area contributed by atoms with Gasteiger partial charge in [-0.05, 0) is 26.2 Å². The van der Waals surface area contributed by atoms with E-state index >= 15 is 0 Å². The van der Waals surface area contributed by atoms with E-state index in [-0.39, 0.29) is 16.3 Å². The van der Waals surface area contributed by atoms with Gasteiger partial charge in [-0.25, -0.2) is 4.98 Å². The fourth-order valence-electron chi connectivity index (χ4n) is 3.33. The second kappa shape index (κ2) is 3.50. The molecule has 0 atom stereocenters. The van der Waals surface area contributed by atoms with Crippen LogP contribution in [0.3, 0.4) is 0 Å². The van der Waals surface area contributed by atoms with Gasteiger partial charge in [0.2, 0.25) is 0 Å². The van der Waals surface area contributed by atoms with Crippen LogP contribution in [0.5, 0.6) is 0 Å². The lowest BCUT2D eigenvalue weighted by atomic mass is 9.35. The predicted molar refractivity (Wildman–Crippen MR) is 61.8 cm³/mol. The number of aromatic nitrogens is 1. The Hall–Kier alpha value is -1.11. The molecule has 0 aliphatic heterocycles. The minimum absolute atomic E-state index is 0.194. The number of aryl methyl sites for hydroxylation is 1. The van der Waals surface area contributed by atoms with Crippen molar-refractivity contribution in [2.75, 3.05) is 7.11 Å². The highest BCUT2D eigenvalue weighted by atomic mass is 32.1. The number of hydrogen-bond acceptors (Lipinski definition) is 4. The lowest BCUT2D eigenvalue weighted by Gasteiger charge is -2.67. The van der Waals surface area contributed by atoms with Crippen LogP contribution in [0.15, 0.2) is 0 Å². The molecule has 0 N–H and O–H groups in total. The van der Waals surface area contributed by atoms with Gasteiger partial charge in [-0.1, -0.05) is 0 Å². The topological polar surface area (TPSA) is 39.2 Å². The molecule has 0 saturated heterocycles. The number of thiazole rings is 1. The van der Waals surface area contributed by atoms with E-state index in [1.807, 2.05) is 0 Å². The number of halogens is 3. The number of esters is 1. The third-order valence-corrected chi connectivity index (χ3v) is 5.38. The highest BCUT2D eigenvalue weighted by Gasteiger charge is 2.74. The lowest BCUT2D eigenvalue weighted by molar-refractivity contribution is -0.198. The summed E-state index contributed by atoms with van der Waals surface area (Å²) in [6.07, 6.45) is -2.70. The lowest BCUT2D eigenvalue weighted by Crippen LogP contribution is -2.68. The van der Waals surface area contributed by atoms with Crippen LogP contribution in [-0.2, 0) is 21.1 Å². The molecule has 4 rings (SSSR count). The minimum atomic E-state index is -4.40. The normalized spacial score (nSPS) is 32.5. The van der Waals surface area contributed by atoms with Crippen LogP contribution >= 0.6 is 11.3 Å². The number of rotatable bonds is 2. The number of carbonyl (C=O) groups excluding carboxylic acids is 1. The Balaban J connectivity index is 1.83. The molecule has 1 aromatic heterocycles. The molecule has 19 heavy (non-hydrogen) atoms. The van der Waals surface area contributed by atoms with Crippen molar-refractivity contribution in [3.8, 4) is 0 Å². The average molecular weight is 291 g/mol. The average Bonchev–Trinajstić information content (AvgIpc) is 2.55. The molecule has 104 valence electrons. The van der Waals surface area contributed by atoms with Crippen molar-refractivity contribution in [2.24, 2.45) is 5.41 Å². The summed E-state index contributed by atoms with van der Waals surface area (Å²) >= 11 is 1.10. The van der Waals surface area contributed by atoms with Crippen LogP contribution in [0.4, 0.5) is 13.2 Å². The van der Waals surface area contributed by atoms with Gasteiger partial charge in [0.05, 0.1) is 17.5 Å². The number of nitrogens with zero attached hydrogens (tertiary/aromatic N) is 1. The Morgan fingerprint density at radius 1 is 1.37 bits per heavy atom. The third-order valence-electron chi connectivity index (χ3n) is 4.17. The molecule has 0 aromatic carbocycles. The zero-order valence-corrected chi connectivity index (χ0v) is 11.2.